The van der Waals surface area contributed by atoms with E-state index in [2.05, 4.69) is 15.5 Å². The van der Waals surface area contributed by atoms with E-state index < -0.39 is 11.8 Å². The Kier molecular flexibility index (Phi) is 5.53. The van der Waals surface area contributed by atoms with Crippen LogP contribution in [0, 0.1) is 0 Å². The van der Waals surface area contributed by atoms with E-state index in [9.17, 15) is 9.59 Å². The summed E-state index contributed by atoms with van der Waals surface area (Å²) in [5.41, 5.74) is 1.93. The zero-order valence-electron chi connectivity index (χ0n) is 13.5. The van der Waals surface area contributed by atoms with Gasteiger partial charge in [-0.3, -0.25) is 9.59 Å². The maximum absolute atomic E-state index is 12.2. The number of rotatable bonds is 3. The molecule has 6 nitrogen and oxygen atoms in total. The molecule has 130 valence electrons. The Morgan fingerprint density at radius 2 is 1.68 bits per heavy atom. The van der Waals surface area contributed by atoms with Crippen molar-refractivity contribution >= 4 is 40.5 Å². The second-order valence-corrected chi connectivity index (χ2v) is 5.97. The quantitative estimate of drug-likeness (QED) is 0.827. The van der Waals surface area contributed by atoms with Crippen molar-refractivity contribution in [3.63, 3.8) is 0 Å². The first-order chi connectivity index (χ1) is 12.1. The van der Waals surface area contributed by atoms with Gasteiger partial charge in [-0.05, 0) is 30.3 Å². The molecule has 0 aromatic heterocycles. The Balaban J connectivity index is 1.69. The number of amides is 2. The molecule has 2 amide bonds. The molecule has 1 saturated heterocycles. The molecule has 0 atom stereocenters. The summed E-state index contributed by atoms with van der Waals surface area (Å²) in [4.78, 5) is 26.5. The highest BCUT2D eigenvalue weighted by molar-refractivity contribution is 6.44. The van der Waals surface area contributed by atoms with E-state index in [1.807, 2.05) is 18.2 Å². The Morgan fingerprint density at radius 1 is 0.960 bits per heavy atom. The molecular weight excluding hydrogens is 342 g/mol. The zero-order valence-corrected chi connectivity index (χ0v) is 14.3. The minimum Gasteiger partial charge on any atom is -0.378 e. The van der Waals surface area contributed by atoms with Gasteiger partial charge in [-0.15, -0.1) is 0 Å². The monoisotopic (exact) mass is 359 g/mol. The number of hydrogen-bond acceptors (Lipinski definition) is 4. The number of hydrogen-bond donors (Lipinski definition) is 2. The fraction of sp³-hybridized carbons (Fsp3) is 0.222. The third-order valence-corrected chi connectivity index (χ3v) is 4.03. The van der Waals surface area contributed by atoms with E-state index in [-0.39, 0.29) is 0 Å². The van der Waals surface area contributed by atoms with E-state index in [1.165, 1.54) is 0 Å². The van der Waals surface area contributed by atoms with Crippen molar-refractivity contribution in [1.82, 2.24) is 0 Å². The molecule has 7 heteroatoms. The molecule has 0 radical (unpaired) electrons. The van der Waals surface area contributed by atoms with Crippen molar-refractivity contribution in [3.8, 4) is 0 Å². The summed E-state index contributed by atoms with van der Waals surface area (Å²) in [6, 6.07) is 14.0. The molecule has 1 fully saturated rings. The van der Waals surface area contributed by atoms with Crippen LogP contribution in [-0.2, 0) is 14.3 Å². The van der Waals surface area contributed by atoms with E-state index >= 15 is 0 Å². The number of para-hydroxylation sites is 2. The van der Waals surface area contributed by atoms with Crippen LogP contribution in [0.2, 0.25) is 5.02 Å². The fourth-order valence-corrected chi connectivity index (χ4v) is 2.78. The topological polar surface area (TPSA) is 70.7 Å². The molecule has 25 heavy (non-hydrogen) atoms. The van der Waals surface area contributed by atoms with E-state index in [4.69, 9.17) is 16.3 Å². The number of halogens is 1. The lowest BCUT2D eigenvalue weighted by Crippen LogP contribution is -2.37. The molecule has 2 N–H and O–H groups in total. The fourth-order valence-electron chi connectivity index (χ4n) is 2.59. The molecule has 0 aliphatic carbocycles. The Morgan fingerprint density at radius 3 is 2.44 bits per heavy atom. The Bertz CT molecular complexity index is 776. The standard InChI is InChI=1S/C18H18ClN3O3/c19-13-4-3-5-14(12-13)20-17(23)18(24)21-15-6-1-2-7-16(15)22-8-10-25-11-9-22/h1-7,12H,8-11H2,(H,20,23)(H,21,24). The van der Waals surface area contributed by atoms with Gasteiger partial charge in [-0.25, -0.2) is 0 Å². The maximum Gasteiger partial charge on any atom is 0.314 e. The molecule has 0 unspecified atom stereocenters. The van der Waals surface area contributed by atoms with Crippen LogP contribution in [0.3, 0.4) is 0 Å². The van der Waals surface area contributed by atoms with Crippen molar-refractivity contribution in [2.45, 2.75) is 0 Å². The number of nitrogens with one attached hydrogen (secondary N) is 2. The number of ether oxygens (including phenoxy) is 1. The van der Waals surface area contributed by atoms with Gasteiger partial charge in [0, 0.05) is 23.8 Å². The van der Waals surface area contributed by atoms with Crippen LogP contribution in [-0.4, -0.2) is 38.1 Å². The summed E-state index contributed by atoms with van der Waals surface area (Å²) in [7, 11) is 0. The van der Waals surface area contributed by atoms with Gasteiger partial charge >= 0.3 is 11.8 Å². The van der Waals surface area contributed by atoms with Gasteiger partial charge in [-0.2, -0.15) is 0 Å². The molecule has 1 aliphatic rings. The molecule has 3 rings (SSSR count). The third kappa shape index (κ3) is 4.49. The summed E-state index contributed by atoms with van der Waals surface area (Å²) >= 11 is 5.88. The van der Waals surface area contributed by atoms with Crippen molar-refractivity contribution < 1.29 is 14.3 Å². The van der Waals surface area contributed by atoms with Crippen molar-refractivity contribution in [2.24, 2.45) is 0 Å². The number of carbonyl (C=O) groups is 2. The average molecular weight is 360 g/mol. The predicted molar refractivity (Wildman–Crippen MR) is 98.2 cm³/mol. The van der Waals surface area contributed by atoms with Crippen molar-refractivity contribution in [3.05, 3.63) is 53.6 Å². The predicted octanol–water partition coefficient (Wildman–Crippen LogP) is 2.75. The first kappa shape index (κ1) is 17.3. The van der Waals surface area contributed by atoms with Crippen LogP contribution in [0.5, 0.6) is 0 Å². The van der Waals surface area contributed by atoms with Gasteiger partial charge < -0.3 is 20.3 Å². The summed E-state index contributed by atoms with van der Waals surface area (Å²) in [5, 5.41) is 5.69. The maximum atomic E-state index is 12.2. The summed E-state index contributed by atoms with van der Waals surface area (Å²) in [6.07, 6.45) is 0. The van der Waals surface area contributed by atoms with Crippen LogP contribution < -0.4 is 15.5 Å². The zero-order chi connectivity index (χ0) is 17.6. The molecule has 2 aromatic rings. The van der Waals surface area contributed by atoms with Crippen LogP contribution >= 0.6 is 11.6 Å². The molecule has 0 saturated carbocycles. The van der Waals surface area contributed by atoms with E-state index in [1.54, 1.807) is 30.3 Å². The minimum atomic E-state index is -0.751. The first-order valence-electron chi connectivity index (χ1n) is 7.93. The SMILES string of the molecule is O=C(Nc1cccc(Cl)c1)C(=O)Nc1ccccc1N1CCOCC1. The second kappa shape index (κ2) is 8.00. The number of morpholine rings is 1. The third-order valence-electron chi connectivity index (χ3n) is 3.79. The summed E-state index contributed by atoms with van der Waals surface area (Å²) in [5.74, 6) is -1.49. The summed E-state index contributed by atoms with van der Waals surface area (Å²) < 4.78 is 5.35. The van der Waals surface area contributed by atoms with Crippen molar-refractivity contribution in [1.29, 1.82) is 0 Å². The van der Waals surface area contributed by atoms with Gasteiger partial charge in [0.2, 0.25) is 0 Å². The lowest BCUT2D eigenvalue weighted by molar-refractivity contribution is -0.132. The van der Waals surface area contributed by atoms with Gasteiger partial charge in [0.05, 0.1) is 24.6 Å². The van der Waals surface area contributed by atoms with Gasteiger partial charge in [0.25, 0.3) is 0 Å². The summed E-state index contributed by atoms with van der Waals surface area (Å²) in [6.45, 7) is 2.75. The first-order valence-corrected chi connectivity index (χ1v) is 8.31. The largest absolute Gasteiger partial charge is 0.378 e. The molecule has 1 aliphatic heterocycles. The molecular formula is C18H18ClN3O3. The van der Waals surface area contributed by atoms with E-state index in [0.717, 1.165) is 18.8 Å². The van der Waals surface area contributed by atoms with Gasteiger partial charge in [0.15, 0.2) is 0 Å². The Labute approximate surface area is 150 Å². The van der Waals surface area contributed by atoms with Gasteiger partial charge in [-0.1, -0.05) is 29.8 Å². The van der Waals surface area contributed by atoms with Crippen molar-refractivity contribution in [2.75, 3.05) is 41.8 Å². The normalized spacial score (nSPS) is 14.0. The number of anilines is 3. The lowest BCUT2D eigenvalue weighted by atomic mass is 10.2. The average Bonchev–Trinajstić information content (AvgIpc) is 2.63. The van der Waals surface area contributed by atoms with Crippen LogP contribution in [0.25, 0.3) is 0 Å². The molecule has 0 bridgehead atoms. The van der Waals surface area contributed by atoms with Crippen LogP contribution in [0.4, 0.5) is 17.1 Å². The van der Waals surface area contributed by atoms with E-state index in [0.29, 0.717) is 29.6 Å². The molecule has 1 heterocycles. The molecule has 2 aromatic carbocycles. The van der Waals surface area contributed by atoms with Gasteiger partial charge in [0.1, 0.15) is 0 Å². The Hall–Kier alpha value is -2.57. The lowest BCUT2D eigenvalue weighted by Gasteiger charge is -2.30. The highest BCUT2D eigenvalue weighted by Gasteiger charge is 2.19. The second-order valence-electron chi connectivity index (χ2n) is 5.54. The van der Waals surface area contributed by atoms with Crippen LogP contribution in [0.15, 0.2) is 48.5 Å². The smallest absolute Gasteiger partial charge is 0.314 e. The number of benzene rings is 2. The number of nitrogens with zero attached hydrogens (tertiary/aromatic N) is 1. The minimum absolute atomic E-state index is 0.467. The highest BCUT2D eigenvalue weighted by Crippen LogP contribution is 2.26. The number of carbonyl (C=O) groups excluding carboxylic acids is 2. The van der Waals surface area contributed by atoms with Crippen LogP contribution in [0.1, 0.15) is 0 Å². The highest BCUT2D eigenvalue weighted by atomic mass is 35.5. The molecule has 0 spiro atoms.